The van der Waals surface area contributed by atoms with Gasteiger partial charge < -0.3 is 4.90 Å². The first kappa shape index (κ1) is 14.8. The zero-order valence-corrected chi connectivity index (χ0v) is 13.6. The average molecular weight is 321 g/mol. The third-order valence-electron chi connectivity index (χ3n) is 4.53. The molecule has 6 nitrogen and oxygen atoms in total. The highest BCUT2D eigenvalue weighted by atomic mass is 16.2. The molecule has 122 valence electrons. The molecule has 1 fully saturated rings. The van der Waals surface area contributed by atoms with Gasteiger partial charge >= 0.3 is 0 Å². The van der Waals surface area contributed by atoms with Crippen LogP contribution in [0.2, 0.25) is 0 Å². The molecule has 0 bridgehead atoms. The zero-order chi connectivity index (χ0) is 16.5. The summed E-state index contributed by atoms with van der Waals surface area (Å²) in [7, 11) is 1.92. The first-order valence-corrected chi connectivity index (χ1v) is 8.21. The predicted molar refractivity (Wildman–Crippen MR) is 90.6 cm³/mol. The van der Waals surface area contributed by atoms with Crippen molar-refractivity contribution < 1.29 is 4.79 Å². The molecule has 0 radical (unpaired) electrons. The van der Waals surface area contributed by atoms with Crippen LogP contribution in [0.15, 0.2) is 42.7 Å². The predicted octanol–water partition coefficient (Wildman–Crippen LogP) is 2.38. The van der Waals surface area contributed by atoms with Crippen LogP contribution in [0.25, 0.3) is 11.0 Å². The fourth-order valence-electron chi connectivity index (χ4n) is 3.28. The number of carbonyl (C=O) groups excluding carboxylic acids is 1. The van der Waals surface area contributed by atoms with Gasteiger partial charge in [0.05, 0.1) is 22.9 Å². The Morgan fingerprint density at radius 1 is 1.21 bits per heavy atom. The topological polar surface area (TPSA) is 63.9 Å². The van der Waals surface area contributed by atoms with Gasteiger partial charge in [0.1, 0.15) is 5.69 Å². The fourth-order valence-corrected chi connectivity index (χ4v) is 3.28. The molecule has 1 saturated heterocycles. The van der Waals surface area contributed by atoms with Crippen molar-refractivity contribution in [2.75, 3.05) is 13.1 Å². The van der Waals surface area contributed by atoms with E-state index in [1.807, 2.05) is 53.2 Å². The molecular formula is C18H19N5O. The molecule has 3 heterocycles. The molecule has 0 spiro atoms. The van der Waals surface area contributed by atoms with E-state index in [0.717, 1.165) is 36.1 Å². The Morgan fingerprint density at radius 2 is 2.04 bits per heavy atom. The monoisotopic (exact) mass is 321 g/mol. The van der Waals surface area contributed by atoms with Gasteiger partial charge in [0.25, 0.3) is 5.91 Å². The molecule has 3 aromatic rings. The Hall–Kier alpha value is -2.76. The lowest BCUT2D eigenvalue weighted by atomic mass is 9.95. The number of nitrogens with zero attached hydrogens (tertiary/aromatic N) is 5. The number of fused-ring (bicyclic) bond motifs is 1. The van der Waals surface area contributed by atoms with Gasteiger partial charge in [-0.2, -0.15) is 5.10 Å². The van der Waals surface area contributed by atoms with Crippen LogP contribution < -0.4 is 0 Å². The molecule has 0 saturated carbocycles. The maximum atomic E-state index is 12.8. The first-order valence-electron chi connectivity index (χ1n) is 8.21. The SMILES string of the molecule is Cn1ccc([C@@H]2CCCN(C(=O)c3cnc4ccccc4n3)C2)n1. The minimum Gasteiger partial charge on any atom is -0.337 e. The van der Waals surface area contributed by atoms with Crippen LogP contribution in [0.4, 0.5) is 0 Å². The Labute approximate surface area is 140 Å². The summed E-state index contributed by atoms with van der Waals surface area (Å²) in [5.74, 6) is 0.242. The second kappa shape index (κ2) is 6.03. The molecule has 1 aliphatic heterocycles. The largest absolute Gasteiger partial charge is 0.337 e. The summed E-state index contributed by atoms with van der Waals surface area (Å²) in [5.41, 5.74) is 3.02. The normalized spacial score (nSPS) is 18.0. The number of aryl methyl sites for hydroxylation is 1. The molecule has 1 aromatic carbocycles. The van der Waals surface area contributed by atoms with Crippen LogP contribution in [-0.2, 0) is 7.05 Å². The lowest BCUT2D eigenvalue weighted by molar-refractivity contribution is 0.0699. The maximum Gasteiger partial charge on any atom is 0.274 e. The van der Waals surface area contributed by atoms with E-state index < -0.39 is 0 Å². The first-order chi connectivity index (χ1) is 11.7. The van der Waals surface area contributed by atoms with Crippen molar-refractivity contribution in [1.29, 1.82) is 0 Å². The van der Waals surface area contributed by atoms with E-state index in [4.69, 9.17) is 0 Å². The average Bonchev–Trinajstić information content (AvgIpc) is 3.07. The Balaban J connectivity index is 1.56. The third-order valence-corrected chi connectivity index (χ3v) is 4.53. The Kier molecular flexibility index (Phi) is 3.72. The highest BCUT2D eigenvalue weighted by Gasteiger charge is 2.27. The lowest BCUT2D eigenvalue weighted by Gasteiger charge is -2.31. The number of benzene rings is 1. The standard InChI is InChI=1S/C18H19N5O/c1-22-10-8-14(21-22)13-5-4-9-23(12-13)18(24)17-11-19-15-6-2-3-7-16(15)20-17/h2-3,6-8,10-11,13H,4-5,9,12H2,1H3/t13-/m1/s1. The van der Waals surface area contributed by atoms with Crippen LogP contribution in [0, 0.1) is 0 Å². The minimum absolute atomic E-state index is 0.0473. The van der Waals surface area contributed by atoms with Crippen molar-refractivity contribution in [2.45, 2.75) is 18.8 Å². The smallest absolute Gasteiger partial charge is 0.274 e. The molecule has 0 unspecified atom stereocenters. The number of hydrogen-bond donors (Lipinski definition) is 0. The van der Waals surface area contributed by atoms with E-state index in [1.54, 1.807) is 6.20 Å². The molecule has 6 heteroatoms. The summed E-state index contributed by atoms with van der Waals surface area (Å²) in [6, 6.07) is 9.64. The second-order valence-corrected chi connectivity index (χ2v) is 6.25. The van der Waals surface area contributed by atoms with Gasteiger partial charge in [-0.25, -0.2) is 4.98 Å². The molecule has 1 aliphatic rings. The van der Waals surface area contributed by atoms with E-state index >= 15 is 0 Å². The summed E-state index contributed by atoms with van der Waals surface area (Å²) in [5, 5.41) is 4.49. The van der Waals surface area contributed by atoms with Crippen molar-refractivity contribution in [2.24, 2.45) is 7.05 Å². The number of para-hydroxylation sites is 2. The van der Waals surface area contributed by atoms with Gasteiger partial charge in [-0.05, 0) is 31.0 Å². The van der Waals surface area contributed by atoms with Gasteiger partial charge in [0.15, 0.2) is 0 Å². The van der Waals surface area contributed by atoms with Crippen molar-refractivity contribution in [3.05, 3.63) is 54.1 Å². The Morgan fingerprint density at radius 3 is 2.83 bits per heavy atom. The van der Waals surface area contributed by atoms with E-state index in [-0.39, 0.29) is 11.8 Å². The van der Waals surface area contributed by atoms with Crippen LogP contribution >= 0.6 is 0 Å². The summed E-state index contributed by atoms with van der Waals surface area (Å²) in [6.07, 6.45) is 5.57. The van der Waals surface area contributed by atoms with E-state index in [9.17, 15) is 4.79 Å². The van der Waals surface area contributed by atoms with E-state index in [1.165, 1.54) is 0 Å². The van der Waals surface area contributed by atoms with Crippen molar-refractivity contribution in [1.82, 2.24) is 24.6 Å². The summed E-state index contributed by atoms with van der Waals surface area (Å²) >= 11 is 0. The summed E-state index contributed by atoms with van der Waals surface area (Å²) < 4.78 is 1.81. The zero-order valence-electron chi connectivity index (χ0n) is 13.6. The number of likely N-dealkylation sites (tertiary alicyclic amines) is 1. The molecule has 24 heavy (non-hydrogen) atoms. The summed E-state index contributed by atoms with van der Waals surface area (Å²) in [4.78, 5) is 23.5. The van der Waals surface area contributed by atoms with E-state index in [0.29, 0.717) is 12.2 Å². The molecule has 2 aromatic heterocycles. The number of amides is 1. The number of piperidine rings is 1. The molecule has 0 aliphatic carbocycles. The van der Waals surface area contributed by atoms with Crippen molar-refractivity contribution in [3.8, 4) is 0 Å². The molecule has 4 rings (SSSR count). The number of rotatable bonds is 2. The van der Waals surface area contributed by atoms with Crippen LogP contribution in [0.3, 0.4) is 0 Å². The second-order valence-electron chi connectivity index (χ2n) is 6.25. The number of hydrogen-bond acceptors (Lipinski definition) is 4. The van der Waals surface area contributed by atoms with Crippen molar-refractivity contribution in [3.63, 3.8) is 0 Å². The third kappa shape index (κ3) is 2.75. The molecule has 1 atom stereocenters. The highest BCUT2D eigenvalue weighted by molar-refractivity contribution is 5.93. The fraction of sp³-hybridized carbons (Fsp3) is 0.333. The summed E-state index contributed by atoms with van der Waals surface area (Å²) in [6.45, 7) is 1.45. The van der Waals surface area contributed by atoms with Crippen molar-refractivity contribution >= 4 is 16.9 Å². The minimum atomic E-state index is -0.0473. The lowest BCUT2D eigenvalue weighted by Crippen LogP contribution is -2.39. The molecule has 1 amide bonds. The number of carbonyl (C=O) groups is 1. The Bertz CT molecular complexity index is 888. The molecule has 0 N–H and O–H groups in total. The quantitative estimate of drug-likeness (QED) is 0.727. The van der Waals surface area contributed by atoms with E-state index in [2.05, 4.69) is 15.1 Å². The molecular weight excluding hydrogens is 302 g/mol. The van der Waals surface area contributed by atoms with Gasteiger partial charge in [-0.15, -0.1) is 0 Å². The van der Waals surface area contributed by atoms with Gasteiger partial charge in [-0.1, -0.05) is 12.1 Å². The highest BCUT2D eigenvalue weighted by Crippen LogP contribution is 2.26. The van der Waals surface area contributed by atoms with Gasteiger partial charge in [0.2, 0.25) is 0 Å². The van der Waals surface area contributed by atoms with Crippen LogP contribution in [0.5, 0.6) is 0 Å². The van der Waals surface area contributed by atoms with Gasteiger partial charge in [-0.3, -0.25) is 14.5 Å². The van der Waals surface area contributed by atoms with Gasteiger partial charge in [0, 0.05) is 32.3 Å². The number of aromatic nitrogens is 4. The maximum absolute atomic E-state index is 12.8. The van der Waals surface area contributed by atoms with Crippen LogP contribution in [-0.4, -0.2) is 43.6 Å². The van der Waals surface area contributed by atoms with Crippen LogP contribution in [0.1, 0.15) is 34.9 Å².